The van der Waals surface area contributed by atoms with E-state index in [0.29, 0.717) is 33.8 Å². The predicted octanol–water partition coefficient (Wildman–Crippen LogP) is 3.87. The molecule has 3 aromatic rings. The second kappa shape index (κ2) is 7.68. The summed E-state index contributed by atoms with van der Waals surface area (Å²) in [5, 5.41) is 2.71. The number of anilines is 2. The van der Waals surface area contributed by atoms with Crippen molar-refractivity contribution in [2.45, 2.75) is 0 Å². The number of ether oxygens (including phenoxy) is 1. The van der Waals surface area contributed by atoms with Gasteiger partial charge in [-0.05, 0) is 23.8 Å². The van der Waals surface area contributed by atoms with E-state index in [0.717, 1.165) is 4.31 Å². The van der Waals surface area contributed by atoms with E-state index in [1.54, 1.807) is 48.5 Å². The molecule has 0 saturated carbocycles. The molecule has 1 aliphatic rings. The van der Waals surface area contributed by atoms with Gasteiger partial charge >= 0.3 is 0 Å². The van der Waals surface area contributed by atoms with E-state index < -0.39 is 15.9 Å². The van der Waals surface area contributed by atoms with Crippen molar-refractivity contribution in [1.82, 2.24) is 0 Å². The fourth-order valence-electron chi connectivity index (χ4n) is 3.53. The van der Waals surface area contributed by atoms with Crippen molar-refractivity contribution in [2.75, 3.05) is 23.8 Å². The molecule has 6 nitrogen and oxygen atoms in total. The van der Waals surface area contributed by atoms with Gasteiger partial charge in [-0.15, -0.1) is 0 Å². The van der Waals surface area contributed by atoms with E-state index >= 15 is 0 Å². The Morgan fingerprint density at radius 2 is 1.53 bits per heavy atom. The Hall–Kier alpha value is -3.58. The van der Waals surface area contributed by atoms with Gasteiger partial charge in [0.1, 0.15) is 5.75 Å². The Balaban J connectivity index is 1.97. The van der Waals surface area contributed by atoms with Crippen LogP contribution in [0.2, 0.25) is 0 Å². The van der Waals surface area contributed by atoms with Crippen molar-refractivity contribution in [3.63, 3.8) is 0 Å². The van der Waals surface area contributed by atoms with Crippen LogP contribution in [0, 0.1) is 0 Å². The lowest BCUT2D eigenvalue weighted by molar-refractivity contribution is -0.112. The Kier molecular flexibility index (Phi) is 5.05. The highest BCUT2D eigenvalue weighted by Crippen LogP contribution is 2.42. The average Bonchev–Trinajstić information content (AvgIpc) is 2.77. The number of para-hydroxylation sites is 3. The summed E-state index contributed by atoms with van der Waals surface area (Å²) in [6, 6.07) is 23.1. The van der Waals surface area contributed by atoms with E-state index in [2.05, 4.69) is 5.32 Å². The van der Waals surface area contributed by atoms with E-state index in [1.807, 2.05) is 30.3 Å². The average molecular weight is 420 g/mol. The molecule has 1 amide bonds. The number of nitrogens with one attached hydrogen (secondary N) is 1. The molecule has 0 saturated heterocycles. The topological polar surface area (TPSA) is 75.7 Å². The van der Waals surface area contributed by atoms with Gasteiger partial charge in [0.25, 0.3) is 15.9 Å². The predicted molar refractivity (Wildman–Crippen MR) is 118 cm³/mol. The lowest BCUT2D eigenvalue weighted by atomic mass is 9.95. The summed E-state index contributed by atoms with van der Waals surface area (Å²) in [5.41, 5.74) is 2.60. The van der Waals surface area contributed by atoms with Crippen LogP contribution < -0.4 is 14.4 Å². The summed E-state index contributed by atoms with van der Waals surface area (Å²) in [6.45, 7) is 0. The van der Waals surface area contributed by atoms with Crippen LogP contribution >= 0.6 is 0 Å². The van der Waals surface area contributed by atoms with Crippen LogP contribution in [0.1, 0.15) is 11.1 Å². The zero-order chi connectivity index (χ0) is 21.3. The van der Waals surface area contributed by atoms with E-state index in [-0.39, 0.29) is 4.91 Å². The molecule has 0 unspecified atom stereocenters. The molecule has 3 aromatic carbocycles. The molecule has 0 spiro atoms. The summed E-state index contributed by atoms with van der Waals surface area (Å²) in [5.74, 6) is -0.283. The van der Waals surface area contributed by atoms with Crippen LogP contribution in [0.25, 0.3) is 5.57 Å². The van der Waals surface area contributed by atoms with Gasteiger partial charge < -0.3 is 10.1 Å². The van der Waals surface area contributed by atoms with Crippen molar-refractivity contribution in [2.24, 2.45) is 0 Å². The number of rotatable bonds is 4. The Bertz CT molecular complexity index is 1250. The maximum Gasteiger partial charge on any atom is 0.270 e. The summed E-state index contributed by atoms with van der Waals surface area (Å²) < 4.78 is 33.3. The normalized spacial score (nSPS) is 14.8. The molecule has 1 N–H and O–H groups in total. The number of amides is 1. The molecule has 0 aromatic heterocycles. The first-order chi connectivity index (χ1) is 14.4. The number of carbonyl (C=O) groups is 1. The molecule has 30 heavy (non-hydrogen) atoms. The third-order valence-corrected chi connectivity index (χ3v) is 6.81. The maximum atomic E-state index is 13.4. The molecule has 0 radical (unpaired) electrons. The minimum Gasteiger partial charge on any atom is -0.495 e. The molecule has 7 heteroatoms. The number of hydrogen-bond donors (Lipinski definition) is 1. The van der Waals surface area contributed by atoms with Crippen LogP contribution in [0.15, 0.2) is 83.8 Å². The summed E-state index contributed by atoms with van der Waals surface area (Å²) in [4.78, 5) is 13.1. The number of sulfonamides is 1. The molecule has 0 atom stereocenters. The van der Waals surface area contributed by atoms with E-state index in [9.17, 15) is 13.2 Å². The number of nitrogens with zero attached hydrogens (tertiary/aromatic N) is 1. The van der Waals surface area contributed by atoms with Crippen molar-refractivity contribution >= 4 is 32.9 Å². The number of methoxy groups -OCH3 is 1. The van der Waals surface area contributed by atoms with Gasteiger partial charge in [0.05, 0.1) is 18.5 Å². The first-order valence-electron chi connectivity index (χ1n) is 9.27. The molecular weight excluding hydrogens is 400 g/mol. The largest absolute Gasteiger partial charge is 0.495 e. The van der Waals surface area contributed by atoms with Gasteiger partial charge in [-0.3, -0.25) is 9.10 Å². The zero-order valence-corrected chi connectivity index (χ0v) is 17.3. The van der Waals surface area contributed by atoms with Gasteiger partial charge in [0, 0.05) is 18.2 Å². The van der Waals surface area contributed by atoms with Crippen molar-refractivity contribution in [3.05, 3.63) is 94.9 Å². The van der Waals surface area contributed by atoms with Gasteiger partial charge in [0.2, 0.25) is 0 Å². The maximum absolute atomic E-state index is 13.4. The third-order valence-electron chi connectivity index (χ3n) is 4.98. The van der Waals surface area contributed by atoms with Gasteiger partial charge in [0.15, 0.2) is 4.91 Å². The molecule has 1 aliphatic heterocycles. The summed E-state index contributed by atoms with van der Waals surface area (Å²) in [6.07, 6.45) is 0. The lowest BCUT2D eigenvalue weighted by Crippen LogP contribution is -2.37. The number of carbonyl (C=O) groups excluding carboxylic acids is 1. The SMILES string of the molecule is COc1ccccc1NC(=O)C1=C(c2ccccc2)c2ccccc2N(C)S1(=O)=O. The molecule has 0 aliphatic carbocycles. The second-order valence-corrected chi connectivity index (χ2v) is 8.62. The van der Waals surface area contributed by atoms with Crippen molar-refractivity contribution in [3.8, 4) is 5.75 Å². The van der Waals surface area contributed by atoms with Crippen LogP contribution in [-0.2, 0) is 14.8 Å². The van der Waals surface area contributed by atoms with Gasteiger partial charge in [-0.1, -0.05) is 60.7 Å². The molecular formula is C23H20N2O4S. The van der Waals surface area contributed by atoms with E-state index in [4.69, 9.17) is 4.74 Å². The quantitative estimate of drug-likeness (QED) is 0.695. The van der Waals surface area contributed by atoms with Crippen molar-refractivity contribution < 1.29 is 17.9 Å². The molecule has 0 bridgehead atoms. The minimum atomic E-state index is -4.09. The monoisotopic (exact) mass is 420 g/mol. The highest BCUT2D eigenvalue weighted by molar-refractivity contribution is 7.97. The number of benzene rings is 3. The van der Waals surface area contributed by atoms with Gasteiger partial charge in [-0.2, -0.15) is 0 Å². The first kappa shape index (κ1) is 19.7. The van der Waals surface area contributed by atoms with Crippen LogP contribution in [0.3, 0.4) is 0 Å². The standard InChI is InChI=1S/C23H20N2O4S/c1-25-19-14-8-6-12-17(19)21(16-10-4-3-5-11-16)22(30(25,27)28)23(26)24-18-13-7-9-15-20(18)29-2/h3-15H,1-2H3,(H,24,26). The number of fused-ring (bicyclic) bond motifs is 1. The van der Waals surface area contributed by atoms with E-state index in [1.165, 1.54) is 14.2 Å². The zero-order valence-electron chi connectivity index (χ0n) is 16.5. The molecule has 0 fully saturated rings. The Morgan fingerprint density at radius 3 is 2.27 bits per heavy atom. The lowest BCUT2D eigenvalue weighted by Gasteiger charge is -2.30. The van der Waals surface area contributed by atoms with Gasteiger partial charge in [-0.25, -0.2) is 8.42 Å². The molecule has 152 valence electrons. The minimum absolute atomic E-state index is 0.305. The molecule has 4 rings (SSSR count). The Labute approximate surface area is 175 Å². The second-order valence-electron chi connectivity index (χ2n) is 6.71. The number of hydrogen-bond acceptors (Lipinski definition) is 4. The van der Waals surface area contributed by atoms with Crippen LogP contribution in [0.4, 0.5) is 11.4 Å². The highest BCUT2D eigenvalue weighted by atomic mass is 32.2. The Morgan fingerprint density at radius 1 is 0.900 bits per heavy atom. The smallest absolute Gasteiger partial charge is 0.270 e. The fraction of sp³-hybridized carbons (Fsp3) is 0.0870. The summed E-state index contributed by atoms with van der Waals surface area (Å²) in [7, 11) is -1.15. The summed E-state index contributed by atoms with van der Waals surface area (Å²) >= 11 is 0. The first-order valence-corrected chi connectivity index (χ1v) is 10.7. The van der Waals surface area contributed by atoms with Crippen LogP contribution in [0.5, 0.6) is 5.75 Å². The van der Waals surface area contributed by atoms with Crippen LogP contribution in [-0.4, -0.2) is 28.5 Å². The third kappa shape index (κ3) is 3.23. The highest BCUT2D eigenvalue weighted by Gasteiger charge is 2.39. The molecule has 1 heterocycles. The van der Waals surface area contributed by atoms with Crippen molar-refractivity contribution in [1.29, 1.82) is 0 Å². The fourth-order valence-corrected chi connectivity index (χ4v) is 4.99.